The second kappa shape index (κ2) is 8.84. The number of rotatable bonds is 7. The molecule has 0 fully saturated rings. The van der Waals surface area contributed by atoms with Crippen LogP contribution in [0.5, 0.6) is 0 Å². The number of esters is 1. The molecule has 2 aromatic carbocycles. The van der Waals surface area contributed by atoms with Crippen LogP contribution in [-0.4, -0.2) is 25.6 Å². The zero-order valence-corrected chi connectivity index (χ0v) is 13.8. The highest BCUT2D eigenvalue weighted by Crippen LogP contribution is 2.11. The van der Waals surface area contributed by atoms with Crippen molar-refractivity contribution in [1.82, 2.24) is 5.32 Å². The number of benzene rings is 2. The Kier molecular flexibility index (Phi) is 6.51. The quantitative estimate of drug-likeness (QED) is 0.794. The van der Waals surface area contributed by atoms with Crippen LogP contribution >= 0.6 is 0 Å². The van der Waals surface area contributed by atoms with E-state index in [9.17, 15) is 9.59 Å². The Balaban J connectivity index is 1.85. The van der Waals surface area contributed by atoms with Crippen LogP contribution in [0.3, 0.4) is 0 Å². The van der Waals surface area contributed by atoms with E-state index in [1.165, 1.54) is 0 Å². The van der Waals surface area contributed by atoms with Crippen molar-refractivity contribution in [2.75, 3.05) is 13.7 Å². The van der Waals surface area contributed by atoms with E-state index in [0.717, 1.165) is 11.1 Å². The zero-order chi connectivity index (χ0) is 17.4. The van der Waals surface area contributed by atoms with E-state index in [4.69, 9.17) is 9.47 Å². The molecular weight excluding hydrogens is 306 g/mol. The lowest BCUT2D eigenvalue weighted by atomic mass is 10.1. The summed E-state index contributed by atoms with van der Waals surface area (Å²) in [6, 6.07) is 16.4. The Morgan fingerprint density at radius 3 is 2.54 bits per heavy atom. The van der Waals surface area contributed by atoms with Gasteiger partial charge in [-0.15, -0.1) is 0 Å². The second-order valence-electron chi connectivity index (χ2n) is 5.41. The molecule has 0 heterocycles. The molecule has 5 heteroatoms. The van der Waals surface area contributed by atoms with E-state index >= 15 is 0 Å². The number of carbonyl (C=O) groups is 2. The molecule has 0 aromatic heterocycles. The molecule has 0 saturated heterocycles. The first kappa shape index (κ1) is 17.7. The maximum atomic E-state index is 12.0. The highest BCUT2D eigenvalue weighted by molar-refractivity contribution is 5.91. The highest BCUT2D eigenvalue weighted by atomic mass is 16.5. The van der Waals surface area contributed by atoms with Gasteiger partial charge >= 0.3 is 5.97 Å². The minimum Gasteiger partial charge on any atom is -0.452 e. The fraction of sp³-hybridized carbons (Fsp3) is 0.263. The SMILES string of the molecule is COCc1cccc(C(=O)OCC(=O)NC(C)c2ccccc2)c1. The molecule has 0 aliphatic carbocycles. The van der Waals surface area contributed by atoms with Gasteiger partial charge in [0.05, 0.1) is 18.2 Å². The van der Waals surface area contributed by atoms with Crippen molar-refractivity contribution in [1.29, 1.82) is 0 Å². The molecule has 2 aromatic rings. The Bertz CT molecular complexity index is 685. The maximum absolute atomic E-state index is 12.0. The molecule has 2 rings (SSSR count). The highest BCUT2D eigenvalue weighted by Gasteiger charge is 2.13. The third-order valence-corrected chi connectivity index (χ3v) is 3.49. The third kappa shape index (κ3) is 5.21. The fourth-order valence-electron chi connectivity index (χ4n) is 2.28. The summed E-state index contributed by atoms with van der Waals surface area (Å²) in [5, 5.41) is 2.80. The van der Waals surface area contributed by atoms with Crippen LogP contribution in [-0.2, 0) is 20.9 Å². The average Bonchev–Trinajstić information content (AvgIpc) is 2.61. The number of hydrogen-bond donors (Lipinski definition) is 1. The molecule has 1 N–H and O–H groups in total. The van der Waals surface area contributed by atoms with Crippen LogP contribution in [0.4, 0.5) is 0 Å². The fourth-order valence-corrected chi connectivity index (χ4v) is 2.28. The van der Waals surface area contributed by atoms with E-state index in [0.29, 0.717) is 12.2 Å². The Hall–Kier alpha value is -2.66. The molecule has 24 heavy (non-hydrogen) atoms. The van der Waals surface area contributed by atoms with Gasteiger partial charge in [0.15, 0.2) is 6.61 Å². The molecule has 1 unspecified atom stereocenters. The average molecular weight is 327 g/mol. The van der Waals surface area contributed by atoms with Gasteiger partial charge in [-0.2, -0.15) is 0 Å². The van der Waals surface area contributed by atoms with Gasteiger partial charge in [-0.05, 0) is 30.2 Å². The standard InChI is InChI=1S/C19H21NO4/c1-14(16-8-4-3-5-9-16)20-18(21)13-24-19(22)17-10-6-7-15(11-17)12-23-2/h3-11,14H,12-13H2,1-2H3,(H,20,21). The third-order valence-electron chi connectivity index (χ3n) is 3.49. The molecular formula is C19H21NO4. The molecule has 0 aliphatic heterocycles. The number of carbonyl (C=O) groups excluding carboxylic acids is 2. The van der Waals surface area contributed by atoms with Crippen LogP contribution in [0, 0.1) is 0 Å². The normalized spacial score (nSPS) is 11.6. The lowest BCUT2D eigenvalue weighted by molar-refractivity contribution is -0.124. The van der Waals surface area contributed by atoms with Gasteiger partial charge in [0, 0.05) is 7.11 Å². The number of methoxy groups -OCH3 is 1. The lowest BCUT2D eigenvalue weighted by Gasteiger charge is -2.14. The van der Waals surface area contributed by atoms with E-state index < -0.39 is 5.97 Å². The second-order valence-corrected chi connectivity index (χ2v) is 5.41. The van der Waals surface area contributed by atoms with Gasteiger partial charge in [-0.3, -0.25) is 4.79 Å². The minimum absolute atomic E-state index is 0.151. The van der Waals surface area contributed by atoms with Crippen molar-refractivity contribution in [2.24, 2.45) is 0 Å². The van der Waals surface area contributed by atoms with Gasteiger partial charge in [-0.1, -0.05) is 42.5 Å². The first-order valence-corrected chi connectivity index (χ1v) is 7.69. The molecule has 0 aliphatic rings. The topological polar surface area (TPSA) is 64.6 Å². The summed E-state index contributed by atoms with van der Waals surface area (Å²) in [4.78, 5) is 23.9. The monoisotopic (exact) mass is 327 g/mol. The van der Waals surface area contributed by atoms with Crippen molar-refractivity contribution >= 4 is 11.9 Å². The van der Waals surface area contributed by atoms with Crippen LogP contribution in [0.2, 0.25) is 0 Å². The number of hydrogen-bond acceptors (Lipinski definition) is 4. The van der Waals surface area contributed by atoms with Crippen LogP contribution in [0.1, 0.15) is 34.5 Å². The molecule has 0 spiro atoms. The molecule has 0 bridgehead atoms. The predicted octanol–water partition coefficient (Wildman–Crippen LogP) is 2.87. The summed E-state index contributed by atoms with van der Waals surface area (Å²) >= 11 is 0. The van der Waals surface area contributed by atoms with E-state index in [-0.39, 0.29) is 18.6 Å². The minimum atomic E-state index is -0.532. The summed E-state index contributed by atoms with van der Waals surface area (Å²) in [6.07, 6.45) is 0. The van der Waals surface area contributed by atoms with E-state index in [1.54, 1.807) is 25.3 Å². The van der Waals surface area contributed by atoms with Crippen molar-refractivity contribution < 1.29 is 19.1 Å². The van der Waals surface area contributed by atoms with Gasteiger partial charge in [0.2, 0.25) is 0 Å². The van der Waals surface area contributed by atoms with Gasteiger partial charge in [0.25, 0.3) is 5.91 Å². The van der Waals surface area contributed by atoms with Crippen LogP contribution < -0.4 is 5.32 Å². The van der Waals surface area contributed by atoms with Gasteiger partial charge in [-0.25, -0.2) is 4.79 Å². The molecule has 126 valence electrons. The smallest absolute Gasteiger partial charge is 0.338 e. The maximum Gasteiger partial charge on any atom is 0.338 e. The van der Waals surface area contributed by atoms with Crippen molar-refractivity contribution in [3.8, 4) is 0 Å². The largest absolute Gasteiger partial charge is 0.452 e. The Morgan fingerprint density at radius 1 is 1.08 bits per heavy atom. The summed E-state index contributed by atoms with van der Waals surface area (Å²) < 4.78 is 10.1. The Morgan fingerprint density at radius 2 is 1.83 bits per heavy atom. The van der Waals surface area contributed by atoms with Crippen LogP contribution in [0.15, 0.2) is 54.6 Å². The van der Waals surface area contributed by atoms with Crippen LogP contribution in [0.25, 0.3) is 0 Å². The molecule has 1 atom stereocenters. The summed E-state index contributed by atoms with van der Waals surface area (Å²) in [5.74, 6) is -0.872. The molecule has 5 nitrogen and oxygen atoms in total. The van der Waals surface area contributed by atoms with Crippen molar-refractivity contribution in [2.45, 2.75) is 19.6 Å². The Labute approximate surface area is 141 Å². The first-order valence-electron chi connectivity index (χ1n) is 7.69. The number of nitrogens with one attached hydrogen (secondary N) is 1. The molecule has 0 radical (unpaired) electrons. The van der Waals surface area contributed by atoms with E-state index in [2.05, 4.69) is 5.32 Å². The first-order chi connectivity index (χ1) is 11.6. The molecule has 1 amide bonds. The van der Waals surface area contributed by atoms with Crippen molar-refractivity contribution in [3.05, 3.63) is 71.3 Å². The summed E-state index contributed by atoms with van der Waals surface area (Å²) in [5.41, 5.74) is 2.26. The number of ether oxygens (including phenoxy) is 2. The molecule has 0 saturated carbocycles. The van der Waals surface area contributed by atoms with Gasteiger partial charge in [0.1, 0.15) is 0 Å². The number of amides is 1. The predicted molar refractivity (Wildman–Crippen MR) is 90.4 cm³/mol. The zero-order valence-electron chi connectivity index (χ0n) is 13.8. The van der Waals surface area contributed by atoms with Crippen molar-refractivity contribution in [3.63, 3.8) is 0 Å². The summed E-state index contributed by atoms with van der Waals surface area (Å²) in [7, 11) is 1.59. The van der Waals surface area contributed by atoms with E-state index in [1.807, 2.05) is 43.3 Å². The summed E-state index contributed by atoms with van der Waals surface area (Å²) in [6.45, 7) is 1.98. The van der Waals surface area contributed by atoms with Gasteiger partial charge < -0.3 is 14.8 Å². The lowest BCUT2D eigenvalue weighted by Crippen LogP contribution is -2.31.